The summed E-state index contributed by atoms with van der Waals surface area (Å²) in [5.41, 5.74) is 4.14. The first-order chi connectivity index (χ1) is 21.9. The van der Waals surface area contributed by atoms with Gasteiger partial charge in [-0.1, -0.05) is 56.8 Å². The van der Waals surface area contributed by atoms with E-state index < -0.39 is 12.4 Å². The van der Waals surface area contributed by atoms with E-state index in [1.54, 1.807) is 12.1 Å². The van der Waals surface area contributed by atoms with Crippen molar-refractivity contribution in [2.75, 3.05) is 17.2 Å². The number of carbonyl (C=O) groups is 1. The fourth-order valence-electron chi connectivity index (χ4n) is 5.29. The number of hydrogen-bond donors (Lipinski definition) is 1. The summed E-state index contributed by atoms with van der Waals surface area (Å²) in [5, 5.41) is 8.04. The zero-order chi connectivity index (χ0) is 33.0. The Balaban J connectivity index is 1.17. The molecule has 0 bridgehead atoms. The number of anilines is 1. The molecular formula is C33H34F4N6O2S. The molecule has 1 aliphatic rings. The number of thioether (sulfide) groups is 1. The molecule has 1 saturated heterocycles. The number of benzene rings is 3. The summed E-state index contributed by atoms with van der Waals surface area (Å²) in [6.07, 6.45) is -2.58. The third kappa shape index (κ3) is 8.25. The zero-order valence-corrected chi connectivity index (χ0v) is 26.6. The Morgan fingerprint density at radius 3 is 2.43 bits per heavy atom. The second-order valence-electron chi connectivity index (χ2n) is 11.4. The summed E-state index contributed by atoms with van der Waals surface area (Å²) < 4.78 is 56.6. The normalized spacial score (nSPS) is 15.8. The number of urea groups is 1. The van der Waals surface area contributed by atoms with Crippen LogP contribution in [-0.2, 0) is 0 Å². The lowest BCUT2D eigenvalue weighted by Gasteiger charge is -2.23. The lowest BCUT2D eigenvalue weighted by atomic mass is 9.93. The Labute approximate surface area is 268 Å². The molecule has 2 amide bonds. The summed E-state index contributed by atoms with van der Waals surface area (Å²) in [6.45, 7) is 8.74. The maximum Gasteiger partial charge on any atom is 0.573 e. The number of amides is 2. The van der Waals surface area contributed by atoms with Crippen LogP contribution in [0.3, 0.4) is 0 Å². The van der Waals surface area contributed by atoms with E-state index in [4.69, 9.17) is 0 Å². The van der Waals surface area contributed by atoms with Crippen LogP contribution in [0.4, 0.5) is 28.0 Å². The number of aliphatic imine (C=N–C) groups is 1. The number of amidine groups is 1. The van der Waals surface area contributed by atoms with Gasteiger partial charge in [0.2, 0.25) is 0 Å². The molecule has 4 aromatic rings. The first-order valence-electron chi connectivity index (χ1n) is 14.8. The maximum atomic E-state index is 13.9. The smallest absolute Gasteiger partial charge is 0.406 e. The molecule has 0 spiro atoms. The molecule has 0 radical (unpaired) electrons. The van der Waals surface area contributed by atoms with Gasteiger partial charge in [-0.25, -0.2) is 18.9 Å². The zero-order valence-electron chi connectivity index (χ0n) is 25.8. The molecule has 46 heavy (non-hydrogen) atoms. The van der Waals surface area contributed by atoms with Gasteiger partial charge in [-0.05, 0) is 78.8 Å². The third-order valence-electron chi connectivity index (χ3n) is 7.52. The van der Waals surface area contributed by atoms with E-state index in [1.165, 1.54) is 53.1 Å². The fraction of sp³-hybridized carbons (Fsp3) is 0.333. The van der Waals surface area contributed by atoms with Gasteiger partial charge in [0.15, 0.2) is 11.0 Å². The van der Waals surface area contributed by atoms with Crippen molar-refractivity contribution in [3.8, 4) is 22.8 Å². The predicted octanol–water partition coefficient (Wildman–Crippen LogP) is 8.30. The van der Waals surface area contributed by atoms with E-state index in [-0.39, 0.29) is 29.4 Å². The quantitative estimate of drug-likeness (QED) is 0.183. The predicted molar refractivity (Wildman–Crippen MR) is 172 cm³/mol. The van der Waals surface area contributed by atoms with Gasteiger partial charge in [-0.3, -0.25) is 0 Å². The maximum absolute atomic E-state index is 13.9. The van der Waals surface area contributed by atoms with Crippen molar-refractivity contribution >= 4 is 28.6 Å². The van der Waals surface area contributed by atoms with E-state index in [1.807, 2.05) is 49.9 Å². The Morgan fingerprint density at radius 1 is 1.04 bits per heavy atom. The average Bonchev–Trinajstić information content (AvgIpc) is 3.67. The molecule has 1 aromatic heterocycles. The van der Waals surface area contributed by atoms with Crippen molar-refractivity contribution in [2.24, 2.45) is 4.99 Å². The van der Waals surface area contributed by atoms with Crippen LogP contribution in [0.25, 0.3) is 17.1 Å². The monoisotopic (exact) mass is 654 g/mol. The number of carbonyl (C=O) groups excluding carboxylic acids is 1. The van der Waals surface area contributed by atoms with E-state index >= 15 is 0 Å². The van der Waals surface area contributed by atoms with Crippen molar-refractivity contribution in [1.29, 1.82) is 0 Å². The highest BCUT2D eigenvalue weighted by Crippen LogP contribution is 2.33. The molecule has 0 saturated carbocycles. The van der Waals surface area contributed by atoms with Crippen molar-refractivity contribution < 1.29 is 27.1 Å². The molecule has 242 valence electrons. The molecular weight excluding hydrogens is 620 g/mol. The van der Waals surface area contributed by atoms with Gasteiger partial charge in [-0.2, -0.15) is 4.99 Å². The van der Waals surface area contributed by atoms with Crippen LogP contribution >= 0.6 is 11.8 Å². The topological polar surface area (TPSA) is 84.6 Å². The van der Waals surface area contributed by atoms with Crippen LogP contribution in [0.1, 0.15) is 57.1 Å². The second kappa shape index (κ2) is 13.9. The number of nitrogens with zero attached hydrogens (tertiary/aromatic N) is 5. The number of rotatable bonds is 9. The standard InChI is InChI=1S/C33H34F4N6O2S/c1-20(2)28-18-25(34)9-14-29(28)42-15-16-46-32(42)40-31(44)39-22(4)17-21(3)23-5-7-24(8-6-23)30-38-19-43(41-30)26-10-12-27(13-11-26)45-33(35,36)37/h5-14,18-22H,15-17H2,1-4H3,(H,39,44). The highest BCUT2D eigenvalue weighted by Gasteiger charge is 2.31. The number of halogens is 4. The number of nitrogens with one attached hydrogen (secondary N) is 1. The highest BCUT2D eigenvalue weighted by atomic mass is 32.2. The molecule has 2 atom stereocenters. The van der Waals surface area contributed by atoms with Gasteiger partial charge >= 0.3 is 12.4 Å². The minimum atomic E-state index is -4.76. The van der Waals surface area contributed by atoms with Crippen LogP contribution in [-0.4, -0.2) is 50.7 Å². The third-order valence-corrected chi connectivity index (χ3v) is 8.47. The second-order valence-corrected chi connectivity index (χ2v) is 12.5. The Morgan fingerprint density at radius 2 is 1.76 bits per heavy atom. The molecule has 5 rings (SSSR count). The lowest BCUT2D eigenvalue weighted by molar-refractivity contribution is -0.274. The molecule has 1 aliphatic heterocycles. The summed E-state index contributed by atoms with van der Waals surface area (Å²) >= 11 is 1.51. The summed E-state index contributed by atoms with van der Waals surface area (Å²) in [7, 11) is 0. The van der Waals surface area contributed by atoms with E-state index in [9.17, 15) is 22.4 Å². The van der Waals surface area contributed by atoms with Crippen LogP contribution in [0, 0.1) is 5.82 Å². The minimum Gasteiger partial charge on any atom is -0.406 e. The van der Waals surface area contributed by atoms with Gasteiger partial charge in [0.05, 0.1) is 5.69 Å². The van der Waals surface area contributed by atoms with E-state index in [0.717, 1.165) is 28.1 Å². The number of hydrogen-bond acceptors (Lipinski definition) is 5. The van der Waals surface area contributed by atoms with Gasteiger partial charge in [0.1, 0.15) is 17.9 Å². The molecule has 0 aliphatic carbocycles. The SMILES string of the molecule is CC(CC(C)c1ccc(-c2ncn(-c3ccc(OC(F)(F)F)cc3)n2)cc1)NC(=O)N=C1SCCN1c1ccc(F)cc1C(C)C. The Bertz CT molecular complexity index is 1690. The number of ether oxygens (including phenoxy) is 1. The van der Waals surface area contributed by atoms with Crippen LogP contribution < -0.4 is 15.0 Å². The highest BCUT2D eigenvalue weighted by molar-refractivity contribution is 8.14. The number of alkyl halides is 3. The molecule has 8 nitrogen and oxygen atoms in total. The van der Waals surface area contributed by atoms with Crippen molar-refractivity contribution in [3.05, 3.63) is 90.0 Å². The molecule has 2 heterocycles. The Kier molecular flexibility index (Phi) is 10.00. The molecule has 1 fully saturated rings. The minimum absolute atomic E-state index is 0.117. The van der Waals surface area contributed by atoms with E-state index in [0.29, 0.717) is 29.6 Å². The van der Waals surface area contributed by atoms with Gasteiger partial charge < -0.3 is 15.0 Å². The molecule has 2 unspecified atom stereocenters. The summed E-state index contributed by atoms with van der Waals surface area (Å²) in [5.74, 6) is 0.899. The van der Waals surface area contributed by atoms with Crippen LogP contribution in [0.2, 0.25) is 0 Å². The molecule has 3 aromatic carbocycles. The first-order valence-corrected chi connectivity index (χ1v) is 15.8. The fourth-order valence-corrected chi connectivity index (χ4v) is 6.24. The van der Waals surface area contributed by atoms with Gasteiger partial charge in [-0.15, -0.1) is 18.3 Å². The van der Waals surface area contributed by atoms with Crippen molar-refractivity contribution in [3.63, 3.8) is 0 Å². The summed E-state index contributed by atoms with van der Waals surface area (Å²) in [6, 6.07) is 17.3. The molecule has 13 heteroatoms. The first kappa shape index (κ1) is 33.0. The average molecular weight is 655 g/mol. The Hall–Kier alpha value is -4.39. The number of aromatic nitrogens is 3. The van der Waals surface area contributed by atoms with Crippen molar-refractivity contribution in [1.82, 2.24) is 20.1 Å². The van der Waals surface area contributed by atoms with Crippen LogP contribution in [0.5, 0.6) is 5.75 Å². The largest absolute Gasteiger partial charge is 0.573 e. The van der Waals surface area contributed by atoms with E-state index in [2.05, 4.69) is 32.1 Å². The van der Waals surface area contributed by atoms with Gasteiger partial charge in [0, 0.05) is 29.6 Å². The van der Waals surface area contributed by atoms with Gasteiger partial charge in [0.25, 0.3) is 0 Å². The van der Waals surface area contributed by atoms with Crippen molar-refractivity contribution in [2.45, 2.75) is 58.4 Å². The molecule has 1 N–H and O–H groups in total. The lowest BCUT2D eigenvalue weighted by Crippen LogP contribution is -2.33. The summed E-state index contributed by atoms with van der Waals surface area (Å²) in [4.78, 5) is 23.6. The van der Waals surface area contributed by atoms with Crippen LogP contribution in [0.15, 0.2) is 78.0 Å².